The van der Waals surface area contributed by atoms with Crippen molar-refractivity contribution in [2.24, 2.45) is 0 Å². The molecule has 80 heavy (non-hydrogen) atoms. The van der Waals surface area contributed by atoms with E-state index in [2.05, 4.69) is 107 Å². The molecule has 0 bridgehead atoms. The number of hydrogen-bond donors (Lipinski definition) is 0. The summed E-state index contributed by atoms with van der Waals surface area (Å²) >= 11 is 0. The van der Waals surface area contributed by atoms with Gasteiger partial charge in [0, 0.05) is 49.5 Å². The molecule has 0 saturated carbocycles. The van der Waals surface area contributed by atoms with Crippen molar-refractivity contribution < 1.29 is 50.2 Å². The second-order valence-electron chi connectivity index (χ2n) is 29.2. The average Bonchev–Trinajstić information content (AvgIpc) is 3.42. The van der Waals surface area contributed by atoms with E-state index in [1.807, 2.05) is 138 Å². The van der Waals surface area contributed by atoms with E-state index >= 15 is 0 Å². The standard InChI is InChI=1S/C67H86O11P2/c1-60(2,3)50-35-40(69-64(13,14)15)31-46-47-32-41(70-65(16,17)18)36-51(61(4,5)6)56(47)75-79(74-55(46)50)76-57-48(33-42(71-66(19,20)21)37-52(57)62(7,8)9)49-34-43(72-67(22,23)24)38-53(63(10,11)12)58(49)77-80-73-54-44-28-26-25-27-39(44)29-30-45(54)59(68)78-80/h25-38H,1-24H3. The van der Waals surface area contributed by atoms with Gasteiger partial charge in [-0.05, 0) is 165 Å². The maximum absolute atomic E-state index is 14.1. The molecule has 11 nitrogen and oxygen atoms in total. The summed E-state index contributed by atoms with van der Waals surface area (Å²) in [6, 6.07) is 27.7. The van der Waals surface area contributed by atoms with Gasteiger partial charge in [0.15, 0.2) is 5.75 Å². The Hall–Kier alpha value is -6.02. The number of carbonyl (C=O) groups excluding carboxylic acids is 1. The summed E-state index contributed by atoms with van der Waals surface area (Å²) in [6.45, 7) is 50.2. The van der Waals surface area contributed by atoms with Crippen LogP contribution in [0.25, 0.3) is 43.8 Å². The first-order valence-electron chi connectivity index (χ1n) is 27.8. The zero-order chi connectivity index (χ0) is 59.2. The monoisotopic (exact) mass is 1130 g/mol. The summed E-state index contributed by atoms with van der Waals surface area (Å²) in [5.74, 6) is 3.30. The highest BCUT2D eigenvalue weighted by atomic mass is 31.2. The molecule has 1 atom stereocenters. The Bertz CT molecular complexity index is 3460. The van der Waals surface area contributed by atoms with Gasteiger partial charge in [-0.1, -0.05) is 113 Å². The smallest absolute Gasteiger partial charge is 0.488 e. The van der Waals surface area contributed by atoms with Crippen LogP contribution in [0, 0.1) is 0 Å². The molecular formula is C67H86O11P2. The summed E-state index contributed by atoms with van der Waals surface area (Å²) in [6.07, 6.45) is 0. The van der Waals surface area contributed by atoms with Crippen molar-refractivity contribution >= 4 is 55.5 Å². The molecule has 13 heteroatoms. The van der Waals surface area contributed by atoms with E-state index in [0.29, 0.717) is 68.1 Å². The van der Waals surface area contributed by atoms with Crippen molar-refractivity contribution in [3.63, 3.8) is 0 Å². The largest absolute Gasteiger partial charge is 0.532 e. The Labute approximate surface area is 477 Å². The van der Waals surface area contributed by atoms with Crippen molar-refractivity contribution in [3.05, 3.63) is 113 Å². The van der Waals surface area contributed by atoms with Gasteiger partial charge in [-0.15, -0.1) is 0 Å². The van der Waals surface area contributed by atoms with Crippen LogP contribution in [-0.2, 0) is 26.2 Å². The van der Waals surface area contributed by atoms with Gasteiger partial charge >= 0.3 is 22.8 Å². The summed E-state index contributed by atoms with van der Waals surface area (Å²) in [4.78, 5) is 14.1. The van der Waals surface area contributed by atoms with E-state index in [1.54, 1.807) is 6.07 Å². The lowest BCUT2D eigenvalue weighted by molar-refractivity contribution is 0.0697. The van der Waals surface area contributed by atoms with Crippen LogP contribution in [0.2, 0.25) is 0 Å². The molecule has 7 aromatic rings. The minimum Gasteiger partial charge on any atom is -0.488 e. The third kappa shape index (κ3) is 13.8. The number of fused-ring (bicyclic) bond motifs is 6. The number of carbonyl (C=O) groups is 1. The summed E-state index contributed by atoms with van der Waals surface area (Å²) < 4.78 is 69.6. The molecule has 430 valence electrons. The van der Waals surface area contributed by atoms with Crippen LogP contribution >= 0.6 is 16.8 Å². The minimum absolute atomic E-state index is 0.322. The van der Waals surface area contributed by atoms with Crippen molar-refractivity contribution in [3.8, 4) is 51.4 Å². The van der Waals surface area contributed by atoms with Crippen molar-refractivity contribution in [2.75, 3.05) is 0 Å². The fraction of sp³-hybridized carbons (Fsp3) is 0.478. The SMILES string of the molecule is CC(C)(C)Oc1cc(-c2cc(OC(C)(C)C)cc(C(C)(C)C)c2Op2oc3c(C(C)(C)C)cc(OC(C)(C)C)cc3c3cc(OC(C)(C)C)cc(C(C)(C)C)c3o2)c(OP2OC(=O)c3ccc4ccccc4c3O2)c(C(C)(C)C)c1. The van der Waals surface area contributed by atoms with Crippen LogP contribution in [0.5, 0.6) is 40.2 Å². The van der Waals surface area contributed by atoms with E-state index < -0.39 is 66.9 Å². The number of hydrogen-bond acceptors (Lipinski definition) is 11. The molecule has 0 N–H and O–H groups in total. The predicted molar refractivity (Wildman–Crippen MR) is 328 cm³/mol. The van der Waals surface area contributed by atoms with Gasteiger partial charge in [0.1, 0.15) is 73.6 Å². The van der Waals surface area contributed by atoms with Crippen LogP contribution < -0.4 is 32.5 Å². The molecule has 0 aliphatic carbocycles. The third-order valence-electron chi connectivity index (χ3n) is 12.8. The van der Waals surface area contributed by atoms with Crippen molar-refractivity contribution in [1.29, 1.82) is 0 Å². The van der Waals surface area contributed by atoms with Crippen LogP contribution in [0.1, 0.15) is 199 Å². The Morgan fingerprint density at radius 2 is 0.750 bits per heavy atom. The average molecular weight is 1130 g/mol. The quantitative estimate of drug-likeness (QED) is 0.129. The summed E-state index contributed by atoms with van der Waals surface area (Å²) in [5.41, 5.74) is 1.83. The van der Waals surface area contributed by atoms with Crippen LogP contribution in [0.15, 0.2) is 93.3 Å². The number of rotatable bonds is 9. The molecule has 1 aliphatic heterocycles. The molecule has 0 saturated heterocycles. The highest BCUT2D eigenvalue weighted by Gasteiger charge is 2.39. The first-order valence-corrected chi connectivity index (χ1v) is 30.0. The van der Waals surface area contributed by atoms with Gasteiger partial charge in [0.05, 0.1) is 0 Å². The molecule has 0 spiro atoms. The second-order valence-corrected chi connectivity index (χ2v) is 31.2. The first kappa shape index (κ1) is 60.1. The normalized spacial score (nSPS) is 14.8. The van der Waals surface area contributed by atoms with E-state index in [0.717, 1.165) is 43.8 Å². The lowest BCUT2D eigenvalue weighted by Crippen LogP contribution is -2.24. The van der Waals surface area contributed by atoms with Gasteiger partial charge in [-0.25, -0.2) is 4.79 Å². The maximum atomic E-state index is 14.1. The third-order valence-corrected chi connectivity index (χ3v) is 14.8. The van der Waals surface area contributed by atoms with Crippen LogP contribution in [-0.4, -0.2) is 28.4 Å². The van der Waals surface area contributed by atoms with Gasteiger partial charge in [-0.3, -0.25) is 0 Å². The molecule has 0 fully saturated rings. The van der Waals surface area contributed by atoms with E-state index in [1.165, 1.54) is 0 Å². The van der Waals surface area contributed by atoms with E-state index in [-0.39, 0.29) is 0 Å². The molecule has 6 aromatic carbocycles. The summed E-state index contributed by atoms with van der Waals surface area (Å²) in [7, 11) is -4.76. The minimum atomic E-state index is -2.38. The Kier molecular flexibility index (Phi) is 15.6. The van der Waals surface area contributed by atoms with E-state index in [4.69, 9.17) is 45.4 Å². The number of ether oxygens (including phenoxy) is 4. The van der Waals surface area contributed by atoms with Gasteiger partial charge in [-0.2, -0.15) is 0 Å². The fourth-order valence-electron chi connectivity index (χ4n) is 9.58. The van der Waals surface area contributed by atoms with Gasteiger partial charge < -0.3 is 45.4 Å². The molecule has 1 unspecified atom stereocenters. The fourth-order valence-corrected chi connectivity index (χ4v) is 11.8. The van der Waals surface area contributed by atoms with Gasteiger partial charge in [0.25, 0.3) is 0 Å². The molecule has 1 aliphatic rings. The molecule has 0 radical (unpaired) electrons. The molecule has 2 heterocycles. The first-order chi connectivity index (χ1) is 36.5. The van der Waals surface area contributed by atoms with Crippen molar-refractivity contribution in [1.82, 2.24) is 0 Å². The molecule has 1 aromatic heterocycles. The Morgan fingerprint density at radius 3 is 1.15 bits per heavy atom. The number of benzene rings is 6. The zero-order valence-corrected chi connectivity index (χ0v) is 53.8. The second kappa shape index (κ2) is 20.8. The van der Waals surface area contributed by atoms with Crippen LogP contribution in [0.3, 0.4) is 0 Å². The Morgan fingerprint density at radius 1 is 0.375 bits per heavy atom. The highest BCUT2D eigenvalue weighted by Crippen LogP contribution is 2.58. The van der Waals surface area contributed by atoms with E-state index in [9.17, 15) is 4.79 Å². The maximum Gasteiger partial charge on any atom is 0.532 e. The van der Waals surface area contributed by atoms with Crippen molar-refractivity contribution in [2.45, 2.75) is 210 Å². The molecular weight excluding hydrogens is 1040 g/mol. The Balaban J connectivity index is 1.52. The zero-order valence-electron chi connectivity index (χ0n) is 52.0. The lowest BCUT2D eigenvalue weighted by Gasteiger charge is -2.32. The topological polar surface area (TPSA) is 117 Å². The molecule has 0 amide bonds. The molecule has 8 rings (SSSR count). The van der Waals surface area contributed by atoms with Gasteiger partial charge in [0.2, 0.25) is 0 Å². The lowest BCUT2D eigenvalue weighted by atomic mass is 9.81. The van der Waals surface area contributed by atoms with Crippen LogP contribution in [0.4, 0.5) is 0 Å². The summed E-state index contributed by atoms with van der Waals surface area (Å²) in [5, 5.41) is 3.26. The highest BCUT2D eigenvalue weighted by molar-refractivity contribution is 7.43. The predicted octanol–water partition coefficient (Wildman–Crippen LogP) is 20.7.